The number of nitrogens with zero attached hydrogens (tertiary/aromatic N) is 1. The molecule has 1 aliphatic heterocycles. The predicted molar refractivity (Wildman–Crippen MR) is 86.2 cm³/mol. The van der Waals surface area contributed by atoms with Crippen molar-refractivity contribution < 1.29 is 19.1 Å². The highest BCUT2D eigenvalue weighted by molar-refractivity contribution is 5.76. The van der Waals surface area contributed by atoms with Gasteiger partial charge in [-0.25, -0.2) is 0 Å². The Morgan fingerprint density at radius 3 is 2.70 bits per heavy atom. The fourth-order valence-electron chi connectivity index (χ4n) is 2.81. The Labute approximate surface area is 136 Å². The Hall–Kier alpha value is -2.01. The molecule has 0 aromatic heterocycles. The first kappa shape index (κ1) is 17.3. The van der Waals surface area contributed by atoms with Gasteiger partial charge < -0.3 is 9.53 Å². The molecule has 2 rings (SSSR count). The van der Waals surface area contributed by atoms with Crippen LogP contribution in [-0.4, -0.2) is 42.1 Å². The van der Waals surface area contributed by atoms with Gasteiger partial charge in [0.2, 0.25) is 0 Å². The minimum absolute atomic E-state index is 0.216. The zero-order chi connectivity index (χ0) is 17.0. The van der Waals surface area contributed by atoms with E-state index in [0.717, 1.165) is 18.1 Å². The lowest BCUT2D eigenvalue weighted by molar-refractivity contribution is -0.159. The van der Waals surface area contributed by atoms with Crippen molar-refractivity contribution in [1.82, 2.24) is 4.90 Å². The third-order valence-corrected chi connectivity index (χ3v) is 3.87. The Morgan fingerprint density at radius 1 is 1.35 bits per heavy atom. The van der Waals surface area contributed by atoms with E-state index in [2.05, 4.69) is 0 Å². The molecule has 2 atom stereocenters. The molecule has 23 heavy (non-hydrogen) atoms. The minimum Gasteiger partial charge on any atom is -0.460 e. The number of carbonyl (C=O) groups excluding carboxylic acids is 3. The number of hydrogen-bond acceptors (Lipinski definition) is 5. The van der Waals surface area contributed by atoms with E-state index in [9.17, 15) is 14.4 Å². The van der Waals surface area contributed by atoms with Crippen molar-refractivity contribution >= 4 is 18.5 Å². The van der Waals surface area contributed by atoms with Gasteiger partial charge in [-0.2, -0.15) is 0 Å². The molecular weight excluding hydrogens is 294 g/mol. The SMILES string of the molecule is CC(C)(C)OC(=O)C1CCN([C@@H](C=O)c2cccc(C=O)c2)C1. The summed E-state index contributed by atoms with van der Waals surface area (Å²) in [7, 11) is 0. The largest absolute Gasteiger partial charge is 0.460 e. The van der Waals surface area contributed by atoms with Crippen molar-refractivity contribution in [2.45, 2.75) is 38.8 Å². The predicted octanol–water partition coefficient (Wildman–Crippen LogP) is 2.40. The Kier molecular flexibility index (Phi) is 5.31. The third-order valence-electron chi connectivity index (χ3n) is 3.87. The van der Waals surface area contributed by atoms with Crippen molar-refractivity contribution in [3.8, 4) is 0 Å². The number of hydrogen-bond donors (Lipinski definition) is 0. The lowest BCUT2D eigenvalue weighted by Crippen LogP contribution is -2.32. The molecular formula is C18H23NO4. The molecule has 1 unspecified atom stereocenters. The highest BCUT2D eigenvalue weighted by Crippen LogP contribution is 2.28. The van der Waals surface area contributed by atoms with Crippen molar-refractivity contribution in [2.75, 3.05) is 13.1 Å². The van der Waals surface area contributed by atoms with Crippen LogP contribution in [-0.2, 0) is 14.3 Å². The molecule has 1 aromatic rings. The lowest BCUT2D eigenvalue weighted by atomic mass is 10.0. The number of rotatable bonds is 5. The van der Waals surface area contributed by atoms with Crippen LogP contribution in [0.5, 0.6) is 0 Å². The zero-order valence-electron chi connectivity index (χ0n) is 13.8. The molecule has 0 aliphatic carbocycles. The van der Waals surface area contributed by atoms with Crippen molar-refractivity contribution in [1.29, 1.82) is 0 Å². The van der Waals surface area contributed by atoms with Gasteiger partial charge in [0.1, 0.15) is 18.2 Å². The lowest BCUT2D eigenvalue weighted by Gasteiger charge is -2.25. The van der Waals surface area contributed by atoms with Crippen molar-refractivity contribution in [3.63, 3.8) is 0 Å². The Balaban J connectivity index is 2.08. The summed E-state index contributed by atoms with van der Waals surface area (Å²) in [6.45, 7) is 6.67. The molecule has 0 radical (unpaired) electrons. The van der Waals surface area contributed by atoms with Crippen LogP contribution in [0, 0.1) is 5.92 Å². The second-order valence-electron chi connectivity index (χ2n) is 6.88. The van der Waals surface area contributed by atoms with Crippen molar-refractivity contribution in [2.24, 2.45) is 5.92 Å². The Bertz CT molecular complexity index is 591. The van der Waals surface area contributed by atoms with Crippen LogP contribution in [0.2, 0.25) is 0 Å². The van der Waals surface area contributed by atoms with Crippen LogP contribution in [0.15, 0.2) is 24.3 Å². The highest BCUT2D eigenvalue weighted by Gasteiger charge is 2.35. The first-order valence-electron chi connectivity index (χ1n) is 7.81. The summed E-state index contributed by atoms with van der Waals surface area (Å²) in [5.41, 5.74) is 0.805. The molecule has 1 fully saturated rings. The second-order valence-corrected chi connectivity index (χ2v) is 6.88. The van der Waals surface area contributed by atoms with Gasteiger partial charge in [0, 0.05) is 18.7 Å². The summed E-state index contributed by atoms with van der Waals surface area (Å²) in [4.78, 5) is 36.6. The third kappa shape index (κ3) is 4.48. The second kappa shape index (κ2) is 7.04. The summed E-state index contributed by atoms with van der Waals surface area (Å²) >= 11 is 0. The average Bonchev–Trinajstić information content (AvgIpc) is 2.96. The molecule has 0 spiro atoms. The van der Waals surface area contributed by atoms with Gasteiger partial charge in [-0.15, -0.1) is 0 Å². The number of benzene rings is 1. The fourth-order valence-corrected chi connectivity index (χ4v) is 2.81. The number of esters is 1. The number of carbonyl (C=O) groups is 3. The van der Waals surface area contributed by atoms with E-state index in [-0.39, 0.29) is 11.9 Å². The molecule has 1 saturated heterocycles. The monoisotopic (exact) mass is 317 g/mol. The standard InChI is InChI=1S/C18H23NO4/c1-18(2,3)23-17(22)15-7-8-19(10-15)16(12-21)14-6-4-5-13(9-14)11-20/h4-6,9,11-12,15-16H,7-8,10H2,1-3H3/t15?,16-/m0/s1. The summed E-state index contributed by atoms with van der Waals surface area (Å²) < 4.78 is 5.43. The summed E-state index contributed by atoms with van der Waals surface area (Å²) in [6, 6.07) is 6.56. The summed E-state index contributed by atoms with van der Waals surface area (Å²) in [5, 5.41) is 0. The van der Waals surface area contributed by atoms with E-state index in [1.54, 1.807) is 18.2 Å². The molecule has 5 heteroatoms. The van der Waals surface area contributed by atoms with E-state index >= 15 is 0 Å². The topological polar surface area (TPSA) is 63.7 Å². The Morgan fingerprint density at radius 2 is 2.09 bits per heavy atom. The smallest absolute Gasteiger partial charge is 0.310 e. The van der Waals surface area contributed by atoms with Gasteiger partial charge in [-0.3, -0.25) is 14.5 Å². The van der Waals surface area contributed by atoms with Gasteiger partial charge in [-0.05, 0) is 38.8 Å². The molecule has 0 amide bonds. The maximum atomic E-state index is 12.2. The van der Waals surface area contributed by atoms with Crippen LogP contribution >= 0.6 is 0 Å². The summed E-state index contributed by atoms with van der Waals surface area (Å²) in [6.07, 6.45) is 2.30. The summed E-state index contributed by atoms with van der Waals surface area (Å²) in [5.74, 6) is -0.433. The van der Waals surface area contributed by atoms with Crippen LogP contribution in [0.1, 0.15) is 49.2 Å². The van der Waals surface area contributed by atoms with Crippen molar-refractivity contribution in [3.05, 3.63) is 35.4 Å². The van der Waals surface area contributed by atoms with E-state index in [4.69, 9.17) is 4.74 Å². The zero-order valence-corrected chi connectivity index (χ0v) is 13.8. The maximum absolute atomic E-state index is 12.2. The average molecular weight is 317 g/mol. The van der Waals surface area contributed by atoms with E-state index in [0.29, 0.717) is 25.1 Å². The maximum Gasteiger partial charge on any atom is 0.310 e. The van der Waals surface area contributed by atoms with Crippen LogP contribution in [0.3, 0.4) is 0 Å². The molecule has 124 valence electrons. The van der Waals surface area contributed by atoms with E-state index in [1.807, 2.05) is 31.7 Å². The van der Waals surface area contributed by atoms with Gasteiger partial charge in [0.05, 0.1) is 12.0 Å². The fraction of sp³-hybridized carbons (Fsp3) is 0.500. The van der Waals surface area contributed by atoms with Crippen LogP contribution in [0.25, 0.3) is 0 Å². The molecule has 0 saturated carbocycles. The first-order chi connectivity index (χ1) is 10.8. The van der Waals surface area contributed by atoms with Gasteiger partial charge in [0.15, 0.2) is 0 Å². The van der Waals surface area contributed by atoms with Gasteiger partial charge in [-0.1, -0.05) is 18.2 Å². The number of aldehydes is 2. The van der Waals surface area contributed by atoms with Gasteiger partial charge >= 0.3 is 5.97 Å². The molecule has 5 nitrogen and oxygen atoms in total. The highest BCUT2D eigenvalue weighted by atomic mass is 16.6. The normalized spacial score (nSPS) is 20.0. The number of ether oxygens (including phenoxy) is 1. The molecule has 1 aromatic carbocycles. The number of likely N-dealkylation sites (tertiary alicyclic amines) is 1. The van der Waals surface area contributed by atoms with Crippen LogP contribution < -0.4 is 0 Å². The van der Waals surface area contributed by atoms with E-state index < -0.39 is 11.6 Å². The minimum atomic E-state index is -0.507. The molecule has 1 heterocycles. The molecule has 0 bridgehead atoms. The van der Waals surface area contributed by atoms with Crippen LogP contribution in [0.4, 0.5) is 0 Å². The van der Waals surface area contributed by atoms with Gasteiger partial charge in [0.25, 0.3) is 0 Å². The molecule has 0 N–H and O–H groups in total. The quantitative estimate of drug-likeness (QED) is 0.616. The van der Waals surface area contributed by atoms with E-state index in [1.165, 1.54) is 0 Å². The molecule has 1 aliphatic rings. The first-order valence-corrected chi connectivity index (χ1v) is 7.81.